The lowest BCUT2D eigenvalue weighted by Gasteiger charge is -2.18. The van der Waals surface area contributed by atoms with Gasteiger partial charge < -0.3 is 10.0 Å². The molecule has 0 aliphatic rings. The van der Waals surface area contributed by atoms with Gasteiger partial charge in [-0.25, -0.2) is 4.98 Å². The van der Waals surface area contributed by atoms with E-state index in [0.29, 0.717) is 10.8 Å². The second kappa shape index (κ2) is 12.9. The number of hydrogen-bond acceptors (Lipinski definition) is 5. The third-order valence-corrected chi connectivity index (χ3v) is 8.80. The Kier molecular flexibility index (Phi) is 9.89. The summed E-state index contributed by atoms with van der Waals surface area (Å²) in [6, 6.07) is 17.2. The fraction of sp³-hybridized carbons (Fsp3) is 0.269. The molecule has 0 spiro atoms. The van der Waals surface area contributed by atoms with E-state index in [0.717, 1.165) is 27.7 Å². The monoisotopic (exact) mass is 530 g/mol. The van der Waals surface area contributed by atoms with Gasteiger partial charge in [0.15, 0.2) is 0 Å². The highest BCUT2D eigenvalue weighted by molar-refractivity contribution is 8.10. The molecule has 0 fully saturated rings. The number of halogens is 1. The highest BCUT2D eigenvalue weighted by atomic mass is 35.5. The molecular formula is C26H27ClN2O4S2. The Morgan fingerprint density at radius 1 is 1.11 bits per heavy atom. The van der Waals surface area contributed by atoms with E-state index in [1.807, 2.05) is 66.7 Å². The van der Waals surface area contributed by atoms with Crippen LogP contribution < -0.4 is 0 Å². The molecular weight excluding hydrogens is 504 g/mol. The number of rotatable bonds is 11. The Balaban J connectivity index is 1.80. The van der Waals surface area contributed by atoms with Crippen molar-refractivity contribution < 1.29 is 18.9 Å². The van der Waals surface area contributed by atoms with Crippen LogP contribution in [0.5, 0.6) is 0 Å². The van der Waals surface area contributed by atoms with E-state index in [2.05, 4.69) is 4.98 Å². The minimum absolute atomic E-state index is 0.0216. The summed E-state index contributed by atoms with van der Waals surface area (Å²) < 4.78 is 12.7. The molecule has 0 aliphatic carbocycles. The summed E-state index contributed by atoms with van der Waals surface area (Å²) in [4.78, 5) is 29.1. The SMILES string of the molecule is CN(C)C(=O)CCS(=O)[C@H](SCCC(=O)O)c1cccc(/C=C/c2ccc3ccc(Cl)cc3n2)c1. The molecule has 3 aromatic rings. The molecule has 0 bridgehead atoms. The van der Waals surface area contributed by atoms with Gasteiger partial charge in [-0.1, -0.05) is 48.0 Å². The van der Waals surface area contributed by atoms with Gasteiger partial charge >= 0.3 is 5.97 Å². The average molecular weight is 531 g/mol. The van der Waals surface area contributed by atoms with E-state index in [4.69, 9.17) is 16.7 Å². The predicted molar refractivity (Wildman–Crippen MR) is 146 cm³/mol. The van der Waals surface area contributed by atoms with Crippen LogP contribution in [0.3, 0.4) is 0 Å². The predicted octanol–water partition coefficient (Wildman–Crippen LogP) is 5.49. The van der Waals surface area contributed by atoms with E-state index in [-0.39, 0.29) is 24.5 Å². The Hall–Kier alpha value is -2.68. The lowest BCUT2D eigenvalue weighted by Crippen LogP contribution is -2.23. The molecule has 9 heteroatoms. The smallest absolute Gasteiger partial charge is 0.304 e. The number of fused-ring (bicyclic) bond motifs is 1. The van der Waals surface area contributed by atoms with Crippen LogP contribution in [0.4, 0.5) is 0 Å². The van der Waals surface area contributed by atoms with Crippen molar-refractivity contribution in [1.29, 1.82) is 0 Å². The normalized spacial score (nSPS) is 13.1. The number of carboxylic acid groups (broad SMARTS) is 1. The van der Waals surface area contributed by atoms with Crippen LogP contribution in [-0.4, -0.2) is 56.7 Å². The molecule has 0 aliphatic heterocycles. The van der Waals surface area contributed by atoms with Gasteiger partial charge in [-0.15, -0.1) is 11.8 Å². The highest BCUT2D eigenvalue weighted by Gasteiger charge is 2.21. The first-order chi connectivity index (χ1) is 16.7. The first kappa shape index (κ1) is 26.9. The van der Waals surface area contributed by atoms with Crippen LogP contribution >= 0.6 is 23.4 Å². The number of carboxylic acids is 1. The van der Waals surface area contributed by atoms with Gasteiger partial charge in [0.2, 0.25) is 5.91 Å². The Morgan fingerprint density at radius 3 is 2.63 bits per heavy atom. The Bertz CT molecular complexity index is 1260. The highest BCUT2D eigenvalue weighted by Crippen LogP contribution is 2.34. The van der Waals surface area contributed by atoms with Crippen molar-refractivity contribution in [2.24, 2.45) is 0 Å². The van der Waals surface area contributed by atoms with Crippen LogP contribution in [0, 0.1) is 0 Å². The maximum Gasteiger partial charge on any atom is 0.304 e. The number of hydrogen-bond donors (Lipinski definition) is 1. The molecule has 1 unspecified atom stereocenters. The maximum absolute atomic E-state index is 13.1. The fourth-order valence-corrected chi connectivity index (χ4v) is 6.52. The molecule has 1 N–H and O–H groups in total. The van der Waals surface area contributed by atoms with Crippen molar-refractivity contribution in [3.05, 3.63) is 76.4 Å². The molecule has 35 heavy (non-hydrogen) atoms. The lowest BCUT2D eigenvalue weighted by molar-refractivity contribution is -0.136. The van der Waals surface area contributed by atoms with Gasteiger partial charge in [0, 0.05) is 53.2 Å². The van der Waals surface area contributed by atoms with E-state index in [1.165, 1.54) is 16.7 Å². The van der Waals surface area contributed by atoms with Crippen LogP contribution in [0.15, 0.2) is 54.6 Å². The second-order valence-electron chi connectivity index (χ2n) is 8.05. The van der Waals surface area contributed by atoms with Gasteiger partial charge in [0.05, 0.1) is 17.6 Å². The minimum atomic E-state index is -1.35. The fourth-order valence-electron chi connectivity index (χ4n) is 3.29. The summed E-state index contributed by atoms with van der Waals surface area (Å²) in [5, 5.41) is 10.6. The van der Waals surface area contributed by atoms with E-state index in [9.17, 15) is 13.8 Å². The molecule has 0 saturated carbocycles. The number of aliphatic carboxylic acids is 1. The Labute approximate surface area is 216 Å². The molecule has 3 rings (SSSR count). The first-order valence-electron chi connectivity index (χ1n) is 11.0. The summed E-state index contributed by atoms with van der Waals surface area (Å²) in [5.41, 5.74) is 3.33. The summed E-state index contributed by atoms with van der Waals surface area (Å²) in [6.45, 7) is 0. The number of carbonyl (C=O) groups excluding carboxylic acids is 1. The first-order valence-corrected chi connectivity index (χ1v) is 13.8. The molecule has 1 amide bonds. The number of carbonyl (C=O) groups is 2. The summed E-state index contributed by atoms with van der Waals surface area (Å²) in [6.07, 6.45) is 3.98. The number of thioether (sulfide) groups is 1. The second-order valence-corrected chi connectivity index (χ2v) is 11.6. The molecule has 2 aromatic carbocycles. The third-order valence-electron chi connectivity index (χ3n) is 5.14. The largest absolute Gasteiger partial charge is 0.481 e. The van der Waals surface area contributed by atoms with Crippen molar-refractivity contribution in [1.82, 2.24) is 9.88 Å². The maximum atomic E-state index is 13.1. The van der Waals surface area contributed by atoms with Gasteiger partial charge in [0.25, 0.3) is 0 Å². The third kappa shape index (κ3) is 8.19. The van der Waals surface area contributed by atoms with Gasteiger partial charge in [-0.05, 0) is 41.5 Å². The van der Waals surface area contributed by atoms with E-state index in [1.54, 1.807) is 14.1 Å². The van der Waals surface area contributed by atoms with Crippen LogP contribution in [0.25, 0.3) is 23.1 Å². The quantitative estimate of drug-likeness (QED) is 0.352. The molecule has 0 saturated heterocycles. The topological polar surface area (TPSA) is 87.6 Å². The van der Waals surface area contributed by atoms with E-state index < -0.39 is 21.4 Å². The summed E-state index contributed by atoms with van der Waals surface area (Å²) >= 11 is 7.43. The van der Waals surface area contributed by atoms with E-state index >= 15 is 0 Å². The number of aromatic nitrogens is 1. The zero-order chi connectivity index (χ0) is 25.4. The Morgan fingerprint density at radius 2 is 1.89 bits per heavy atom. The van der Waals surface area contributed by atoms with Crippen molar-refractivity contribution in [2.45, 2.75) is 17.4 Å². The lowest BCUT2D eigenvalue weighted by atomic mass is 10.1. The molecule has 0 radical (unpaired) electrons. The number of nitrogens with zero attached hydrogens (tertiary/aromatic N) is 2. The minimum Gasteiger partial charge on any atom is -0.481 e. The molecule has 1 aromatic heterocycles. The van der Waals surface area contributed by atoms with Crippen LogP contribution in [0.1, 0.15) is 34.2 Å². The van der Waals surface area contributed by atoms with Crippen molar-refractivity contribution in [2.75, 3.05) is 25.6 Å². The number of benzene rings is 2. The van der Waals surface area contributed by atoms with Crippen molar-refractivity contribution in [3.63, 3.8) is 0 Å². The number of amides is 1. The zero-order valence-corrected chi connectivity index (χ0v) is 21.9. The molecule has 184 valence electrons. The molecule has 2 atom stereocenters. The van der Waals surface area contributed by atoms with Crippen LogP contribution in [-0.2, 0) is 20.4 Å². The zero-order valence-electron chi connectivity index (χ0n) is 19.5. The molecule has 6 nitrogen and oxygen atoms in total. The number of pyridine rings is 1. The van der Waals surface area contributed by atoms with Gasteiger partial charge in [-0.2, -0.15) is 0 Å². The summed E-state index contributed by atoms with van der Waals surface area (Å²) in [7, 11) is 1.98. The average Bonchev–Trinajstić information content (AvgIpc) is 2.83. The standard InChI is InChI=1S/C26H27ClN2O4S2/c1-29(2)24(30)13-15-35(33)26(34-14-12-25(31)32)20-5-3-4-18(16-20)6-10-22-11-8-19-7-9-21(27)17-23(19)28-22/h3-11,16-17,26H,12-15H2,1-2H3,(H,31,32)/b10-6+/t26-,35?/m0/s1. The van der Waals surface area contributed by atoms with Gasteiger partial charge in [0.1, 0.15) is 4.58 Å². The summed E-state index contributed by atoms with van der Waals surface area (Å²) in [5.74, 6) is -0.443. The van der Waals surface area contributed by atoms with Gasteiger partial charge in [-0.3, -0.25) is 13.8 Å². The van der Waals surface area contributed by atoms with Crippen molar-refractivity contribution in [3.8, 4) is 0 Å². The molecule has 1 heterocycles. The van der Waals surface area contributed by atoms with Crippen molar-refractivity contribution >= 4 is 69.1 Å². The van der Waals surface area contributed by atoms with Crippen LogP contribution in [0.2, 0.25) is 5.02 Å².